The minimum Gasteiger partial charge on any atom is -0.485 e. The maximum Gasteiger partial charge on any atom is 0.265 e. The second kappa shape index (κ2) is 7.63. The van der Waals surface area contributed by atoms with Gasteiger partial charge in [-0.2, -0.15) is 4.98 Å². The average Bonchev–Trinajstić information content (AvgIpc) is 3.13. The molecule has 3 aromatic rings. The van der Waals surface area contributed by atoms with Crippen LogP contribution in [0, 0.1) is 6.92 Å². The van der Waals surface area contributed by atoms with Crippen LogP contribution in [0.3, 0.4) is 0 Å². The fourth-order valence-electron chi connectivity index (χ4n) is 2.74. The highest BCUT2D eigenvalue weighted by atomic mass is 16.5. The largest absolute Gasteiger partial charge is 0.485 e. The van der Waals surface area contributed by atoms with Crippen molar-refractivity contribution in [3.05, 3.63) is 59.7 Å². The Hall–Kier alpha value is -3.88. The highest BCUT2D eigenvalue weighted by molar-refractivity contribution is 6.05. The van der Waals surface area contributed by atoms with Gasteiger partial charge in [0, 0.05) is 18.2 Å². The van der Waals surface area contributed by atoms with E-state index >= 15 is 0 Å². The van der Waals surface area contributed by atoms with Gasteiger partial charge in [0.25, 0.3) is 11.8 Å². The van der Waals surface area contributed by atoms with E-state index in [4.69, 9.17) is 14.0 Å². The Kier molecular flexibility index (Phi) is 4.86. The summed E-state index contributed by atoms with van der Waals surface area (Å²) in [5.41, 5.74) is 1.52. The Morgan fingerprint density at radius 3 is 2.76 bits per heavy atom. The van der Waals surface area contributed by atoms with Crippen molar-refractivity contribution >= 4 is 23.2 Å². The van der Waals surface area contributed by atoms with E-state index in [-0.39, 0.29) is 18.4 Å². The molecule has 0 fully saturated rings. The van der Waals surface area contributed by atoms with Crippen molar-refractivity contribution in [3.8, 4) is 11.5 Å². The van der Waals surface area contributed by atoms with Crippen molar-refractivity contribution in [1.82, 2.24) is 10.1 Å². The van der Waals surface area contributed by atoms with E-state index in [0.29, 0.717) is 40.2 Å². The number of fused-ring (bicyclic) bond motifs is 1. The quantitative estimate of drug-likeness (QED) is 0.683. The van der Waals surface area contributed by atoms with E-state index in [1.165, 1.54) is 0 Å². The van der Waals surface area contributed by atoms with E-state index in [0.717, 1.165) is 0 Å². The molecule has 1 aliphatic rings. The topological polar surface area (TPSA) is 116 Å². The number of carbonyl (C=O) groups excluding carboxylic acids is 2. The summed E-state index contributed by atoms with van der Waals surface area (Å²) in [6.45, 7) is 3.54. The molecule has 2 heterocycles. The molecule has 2 N–H and O–H groups in total. The van der Waals surface area contributed by atoms with Gasteiger partial charge in [0.2, 0.25) is 11.7 Å². The summed E-state index contributed by atoms with van der Waals surface area (Å²) in [5, 5.41) is 9.30. The van der Waals surface area contributed by atoms with Crippen molar-refractivity contribution in [3.63, 3.8) is 0 Å². The predicted octanol–water partition coefficient (Wildman–Crippen LogP) is 2.93. The number of rotatable bonds is 5. The van der Waals surface area contributed by atoms with Gasteiger partial charge in [0.05, 0.1) is 5.69 Å². The maximum absolute atomic E-state index is 12.5. The molecule has 1 aromatic heterocycles. The van der Waals surface area contributed by atoms with Crippen LogP contribution < -0.4 is 20.1 Å². The molecule has 1 aliphatic heterocycles. The number of hydrogen-bond donors (Lipinski definition) is 2. The number of nitrogens with zero attached hydrogens (tertiary/aromatic N) is 2. The zero-order chi connectivity index (χ0) is 20.4. The normalized spacial score (nSPS) is 15.1. The summed E-state index contributed by atoms with van der Waals surface area (Å²) < 4.78 is 16.0. The SMILES string of the molecule is Cc1nc(COc2ccc(C(=O)Nc3ccc4c(c3)NC(=O)[C@H](C)O4)cc2)no1. The van der Waals surface area contributed by atoms with Gasteiger partial charge < -0.3 is 24.6 Å². The fourth-order valence-corrected chi connectivity index (χ4v) is 2.74. The predicted molar refractivity (Wildman–Crippen MR) is 103 cm³/mol. The van der Waals surface area contributed by atoms with Gasteiger partial charge in [-0.3, -0.25) is 9.59 Å². The number of hydrogen-bond acceptors (Lipinski definition) is 7. The summed E-state index contributed by atoms with van der Waals surface area (Å²) >= 11 is 0. The van der Waals surface area contributed by atoms with E-state index in [2.05, 4.69) is 20.8 Å². The van der Waals surface area contributed by atoms with Crippen LogP contribution in [0.1, 0.15) is 29.0 Å². The Bertz CT molecular complexity index is 1060. The lowest BCUT2D eigenvalue weighted by Gasteiger charge is -2.23. The van der Waals surface area contributed by atoms with E-state index in [1.54, 1.807) is 56.3 Å². The molecule has 0 saturated heterocycles. The zero-order valence-electron chi connectivity index (χ0n) is 15.8. The second-order valence-corrected chi connectivity index (χ2v) is 6.46. The third kappa shape index (κ3) is 4.18. The number of nitrogens with one attached hydrogen (secondary N) is 2. The lowest BCUT2D eigenvalue weighted by molar-refractivity contribution is -0.122. The molecule has 0 unspecified atom stereocenters. The molecule has 9 nitrogen and oxygen atoms in total. The molecule has 0 radical (unpaired) electrons. The van der Waals surface area contributed by atoms with Gasteiger partial charge >= 0.3 is 0 Å². The lowest BCUT2D eigenvalue weighted by Crippen LogP contribution is -2.34. The van der Waals surface area contributed by atoms with Crippen LogP contribution in [0.5, 0.6) is 11.5 Å². The third-order valence-corrected chi connectivity index (χ3v) is 4.22. The van der Waals surface area contributed by atoms with Crippen LogP contribution in [-0.4, -0.2) is 28.1 Å². The number of amides is 2. The summed E-state index contributed by atoms with van der Waals surface area (Å²) in [4.78, 5) is 28.3. The molecule has 0 bridgehead atoms. The number of anilines is 2. The van der Waals surface area contributed by atoms with Crippen molar-refractivity contribution in [1.29, 1.82) is 0 Å². The Labute approximate surface area is 166 Å². The first-order valence-electron chi connectivity index (χ1n) is 8.93. The molecule has 2 amide bonds. The third-order valence-electron chi connectivity index (χ3n) is 4.22. The number of carbonyl (C=O) groups is 2. The number of aryl methyl sites for hydroxylation is 1. The number of ether oxygens (including phenoxy) is 2. The summed E-state index contributed by atoms with van der Waals surface area (Å²) in [6.07, 6.45) is -0.548. The van der Waals surface area contributed by atoms with Crippen molar-refractivity contribution in [2.75, 3.05) is 10.6 Å². The standard InChI is InChI=1S/C20H18N4O5/c1-11-19(25)23-16-9-14(5-8-17(16)28-11)22-20(26)13-3-6-15(7-4-13)27-10-18-21-12(2)29-24-18/h3-9,11H,10H2,1-2H3,(H,22,26)(H,23,25)/t11-/m0/s1. The van der Waals surface area contributed by atoms with Crippen molar-refractivity contribution in [2.24, 2.45) is 0 Å². The van der Waals surface area contributed by atoms with Gasteiger partial charge in [-0.25, -0.2) is 0 Å². The maximum atomic E-state index is 12.5. The van der Waals surface area contributed by atoms with Crippen LogP contribution in [0.4, 0.5) is 11.4 Å². The smallest absolute Gasteiger partial charge is 0.265 e. The second-order valence-electron chi connectivity index (χ2n) is 6.46. The Morgan fingerprint density at radius 1 is 1.24 bits per heavy atom. The molecule has 9 heteroatoms. The number of aromatic nitrogens is 2. The van der Waals surface area contributed by atoms with Gasteiger partial charge in [-0.1, -0.05) is 5.16 Å². The summed E-state index contributed by atoms with van der Waals surface area (Å²) in [5.74, 6) is 1.54. The molecule has 148 valence electrons. The highest BCUT2D eigenvalue weighted by Crippen LogP contribution is 2.32. The highest BCUT2D eigenvalue weighted by Gasteiger charge is 2.23. The van der Waals surface area contributed by atoms with E-state index < -0.39 is 6.10 Å². The van der Waals surface area contributed by atoms with Crippen molar-refractivity contribution < 1.29 is 23.6 Å². The average molecular weight is 394 g/mol. The lowest BCUT2D eigenvalue weighted by atomic mass is 10.1. The minimum atomic E-state index is -0.548. The van der Waals surface area contributed by atoms with Crippen LogP contribution in [0.15, 0.2) is 47.0 Å². The molecule has 0 spiro atoms. The van der Waals surface area contributed by atoms with Crippen LogP contribution >= 0.6 is 0 Å². The molecule has 29 heavy (non-hydrogen) atoms. The molecular formula is C20H18N4O5. The first-order valence-corrected chi connectivity index (χ1v) is 8.93. The van der Waals surface area contributed by atoms with Crippen LogP contribution in [0.2, 0.25) is 0 Å². The molecule has 0 saturated carbocycles. The minimum absolute atomic E-state index is 0.171. The first kappa shape index (κ1) is 18.5. The van der Waals surface area contributed by atoms with Gasteiger partial charge in [-0.15, -0.1) is 0 Å². The summed E-state index contributed by atoms with van der Waals surface area (Å²) in [7, 11) is 0. The van der Waals surface area contributed by atoms with Gasteiger partial charge in [0.15, 0.2) is 12.7 Å². The van der Waals surface area contributed by atoms with E-state index in [9.17, 15) is 9.59 Å². The van der Waals surface area contributed by atoms with Crippen LogP contribution in [-0.2, 0) is 11.4 Å². The molecule has 4 rings (SSSR count). The molecule has 1 atom stereocenters. The zero-order valence-corrected chi connectivity index (χ0v) is 15.8. The molecular weight excluding hydrogens is 376 g/mol. The summed E-state index contributed by atoms with van der Waals surface area (Å²) in [6, 6.07) is 11.7. The molecule has 2 aromatic carbocycles. The van der Waals surface area contributed by atoms with Crippen molar-refractivity contribution in [2.45, 2.75) is 26.6 Å². The fraction of sp³-hybridized carbons (Fsp3) is 0.200. The molecule has 0 aliphatic carbocycles. The first-order chi connectivity index (χ1) is 14.0. The Morgan fingerprint density at radius 2 is 2.03 bits per heavy atom. The van der Waals surface area contributed by atoms with Gasteiger partial charge in [0.1, 0.15) is 11.5 Å². The Balaban J connectivity index is 1.38. The monoisotopic (exact) mass is 394 g/mol. The van der Waals surface area contributed by atoms with Crippen LogP contribution in [0.25, 0.3) is 0 Å². The van der Waals surface area contributed by atoms with Gasteiger partial charge in [-0.05, 0) is 49.4 Å². The number of benzene rings is 2. The van der Waals surface area contributed by atoms with E-state index in [1.807, 2.05) is 0 Å².